The minimum Gasteiger partial charge on any atom is -0.457 e. The molecule has 2 heterocycles. The van der Waals surface area contributed by atoms with E-state index in [4.69, 9.17) is 16.3 Å². The highest BCUT2D eigenvalue weighted by Crippen LogP contribution is 2.43. The lowest BCUT2D eigenvalue weighted by Crippen LogP contribution is -2.10. The Labute approximate surface area is 170 Å². The van der Waals surface area contributed by atoms with Gasteiger partial charge < -0.3 is 9.72 Å². The third-order valence-corrected chi connectivity index (χ3v) is 5.68. The van der Waals surface area contributed by atoms with Gasteiger partial charge in [-0.25, -0.2) is 0 Å². The summed E-state index contributed by atoms with van der Waals surface area (Å²) in [5.41, 5.74) is 4.53. The van der Waals surface area contributed by atoms with Crippen LogP contribution in [0.5, 0.6) is 5.75 Å². The van der Waals surface area contributed by atoms with E-state index in [0.29, 0.717) is 5.02 Å². The molecular formula is C23H15BrClNO. The van der Waals surface area contributed by atoms with Crippen LogP contribution < -0.4 is 4.74 Å². The van der Waals surface area contributed by atoms with E-state index in [9.17, 15) is 0 Å². The summed E-state index contributed by atoms with van der Waals surface area (Å²) in [6, 6.07) is 22.3. The molecule has 4 aromatic rings. The van der Waals surface area contributed by atoms with Crippen LogP contribution in [0.4, 0.5) is 0 Å². The molecule has 5 rings (SSSR count). The molecule has 0 aliphatic carbocycles. The monoisotopic (exact) mass is 435 g/mol. The third-order valence-electron chi connectivity index (χ3n) is 4.93. The number of para-hydroxylation sites is 1. The van der Waals surface area contributed by atoms with Crippen LogP contribution in [0.1, 0.15) is 22.6 Å². The SMILES string of the molecule is Clc1ccc(C2=CC(c3c[nH]c4ccc(Br)cc34)c3ccccc3O2)cc1. The number of hydrogen-bond donors (Lipinski definition) is 1. The van der Waals surface area contributed by atoms with Crippen molar-refractivity contribution >= 4 is 44.2 Å². The Bertz CT molecular complexity index is 1180. The van der Waals surface area contributed by atoms with Gasteiger partial charge in [0.05, 0.1) is 0 Å². The molecular weight excluding hydrogens is 422 g/mol. The Balaban J connectivity index is 1.70. The van der Waals surface area contributed by atoms with Gasteiger partial charge in [0, 0.05) is 43.6 Å². The van der Waals surface area contributed by atoms with E-state index in [1.807, 2.05) is 36.4 Å². The van der Waals surface area contributed by atoms with Gasteiger partial charge in [0.15, 0.2) is 0 Å². The van der Waals surface area contributed by atoms with E-state index < -0.39 is 0 Å². The first kappa shape index (κ1) is 16.7. The van der Waals surface area contributed by atoms with E-state index in [1.165, 1.54) is 10.9 Å². The fraction of sp³-hybridized carbons (Fsp3) is 0.0435. The number of benzene rings is 3. The summed E-state index contributed by atoms with van der Waals surface area (Å²) in [7, 11) is 0. The van der Waals surface area contributed by atoms with Crippen molar-refractivity contribution in [2.45, 2.75) is 5.92 Å². The van der Waals surface area contributed by atoms with Gasteiger partial charge in [-0.3, -0.25) is 0 Å². The second kappa shape index (κ2) is 6.59. The van der Waals surface area contributed by atoms with E-state index in [-0.39, 0.29) is 5.92 Å². The Kier molecular flexibility index (Phi) is 4.07. The number of ether oxygens (including phenoxy) is 1. The highest BCUT2D eigenvalue weighted by Gasteiger charge is 2.25. The quantitative estimate of drug-likeness (QED) is 0.354. The summed E-state index contributed by atoms with van der Waals surface area (Å²) in [5.74, 6) is 1.84. The highest BCUT2D eigenvalue weighted by atomic mass is 79.9. The van der Waals surface area contributed by atoms with Gasteiger partial charge in [-0.1, -0.05) is 45.7 Å². The first-order valence-corrected chi connectivity index (χ1v) is 9.87. The van der Waals surface area contributed by atoms with E-state index in [1.54, 1.807) is 0 Å². The molecule has 1 atom stereocenters. The molecule has 4 heteroatoms. The number of allylic oxidation sites excluding steroid dienone is 1. The third kappa shape index (κ3) is 2.97. The molecule has 1 aliphatic heterocycles. The number of aromatic amines is 1. The number of fused-ring (bicyclic) bond motifs is 2. The van der Waals surface area contributed by atoms with Crippen molar-refractivity contribution in [2.75, 3.05) is 0 Å². The predicted molar refractivity (Wildman–Crippen MR) is 114 cm³/mol. The van der Waals surface area contributed by atoms with E-state index in [0.717, 1.165) is 32.6 Å². The van der Waals surface area contributed by atoms with Crippen molar-refractivity contribution in [3.63, 3.8) is 0 Å². The summed E-state index contributed by atoms with van der Waals surface area (Å²) in [5, 5.41) is 1.92. The number of rotatable bonds is 2. The minimum atomic E-state index is 0.101. The topological polar surface area (TPSA) is 25.0 Å². The van der Waals surface area contributed by atoms with Crippen molar-refractivity contribution in [1.82, 2.24) is 4.98 Å². The second-order valence-electron chi connectivity index (χ2n) is 6.59. The molecule has 1 aliphatic rings. The maximum atomic E-state index is 6.22. The molecule has 0 saturated heterocycles. The minimum absolute atomic E-state index is 0.101. The van der Waals surface area contributed by atoms with Gasteiger partial charge in [-0.2, -0.15) is 0 Å². The number of aromatic nitrogens is 1. The average Bonchev–Trinajstić information content (AvgIpc) is 3.10. The van der Waals surface area contributed by atoms with E-state index in [2.05, 4.69) is 63.5 Å². The summed E-state index contributed by atoms with van der Waals surface area (Å²) in [6.07, 6.45) is 4.29. The van der Waals surface area contributed by atoms with Crippen LogP contribution in [0, 0.1) is 0 Å². The Morgan fingerprint density at radius 2 is 1.74 bits per heavy atom. The summed E-state index contributed by atoms with van der Waals surface area (Å²) in [4.78, 5) is 3.40. The zero-order valence-corrected chi connectivity index (χ0v) is 16.6. The van der Waals surface area contributed by atoms with Gasteiger partial charge in [0.2, 0.25) is 0 Å². The smallest absolute Gasteiger partial charge is 0.131 e. The molecule has 1 unspecified atom stereocenters. The number of halogens is 2. The van der Waals surface area contributed by atoms with Gasteiger partial charge in [-0.05, 0) is 60.2 Å². The van der Waals surface area contributed by atoms with Crippen molar-refractivity contribution in [1.29, 1.82) is 0 Å². The van der Waals surface area contributed by atoms with Crippen molar-refractivity contribution < 1.29 is 4.74 Å². The number of nitrogens with one attached hydrogen (secondary N) is 1. The standard InChI is InChI=1S/C23H15BrClNO/c24-15-7-10-21-19(11-15)20(13-26-21)18-12-23(14-5-8-16(25)9-6-14)27-22-4-2-1-3-17(18)22/h1-13,18,26H. The normalized spacial score (nSPS) is 15.9. The summed E-state index contributed by atoms with van der Waals surface area (Å²) >= 11 is 9.65. The van der Waals surface area contributed by atoms with Gasteiger partial charge >= 0.3 is 0 Å². The van der Waals surface area contributed by atoms with Crippen LogP contribution in [0.15, 0.2) is 83.5 Å². The van der Waals surface area contributed by atoms with Crippen molar-refractivity contribution in [3.05, 3.63) is 105 Å². The molecule has 1 aromatic heterocycles. The first-order chi connectivity index (χ1) is 13.2. The molecule has 0 radical (unpaired) electrons. The molecule has 0 saturated carbocycles. The van der Waals surface area contributed by atoms with E-state index >= 15 is 0 Å². The molecule has 3 aromatic carbocycles. The summed E-state index contributed by atoms with van der Waals surface area (Å²) < 4.78 is 7.29. The number of hydrogen-bond acceptors (Lipinski definition) is 1. The molecule has 0 amide bonds. The largest absolute Gasteiger partial charge is 0.457 e. The molecule has 2 nitrogen and oxygen atoms in total. The average molecular weight is 437 g/mol. The van der Waals surface area contributed by atoms with Crippen LogP contribution in [-0.4, -0.2) is 4.98 Å². The maximum Gasteiger partial charge on any atom is 0.131 e. The molecule has 27 heavy (non-hydrogen) atoms. The Hall–Kier alpha value is -2.49. The van der Waals surface area contributed by atoms with Crippen molar-refractivity contribution in [3.8, 4) is 5.75 Å². The van der Waals surface area contributed by atoms with Gasteiger partial charge in [-0.15, -0.1) is 0 Å². The van der Waals surface area contributed by atoms with Crippen molar-refractivity contribution in [2.24, 2.45) is 0 Å². The molecule has 0 spiro atoms. The van der Waals surface area contributed by atoms with Crippen LogP contribution in [0.2, 0.25) is 5.02 Å². The van der Waals surface area contributed by atoms with Crippen LogP contribution >= 0.6 is 27.5 Å². The van der Waals surface area contributed by atoms with Gasteiger partial charge in [0.25, 0.3) is 0 Å². The Morgan fingerprint density at radius 1 is 0.926 bits per heavy atom. The van der Waals surface area contributed by atoms with Crippen LogP contribution in [0.3, 0.4) is 0 Å². The molecule has 132 valence electrons. The fourth-order valence-corrected chi connectivity index (χ4v) is 4.11. The zero-order chi connectivity index (χ0) is 18.4. The van der Waals surface area contributed by atoms with Crippen LogP contribution in [0.25, 0.3) is 16.7 Å². The molecule has 0 bridgehead atoms. The van der Waals surface area contributed by atoms with Crippen LogP contribution in [-0.2, 0) is 0 Å². The van der Waals surface area contributed by atoms with Gasteiger partial charge in [0.1, 0.15) is 11.5 Å². The zero-order valence-electron chi connectivity index (χ0n) is 14.2. The second-order valence-corrected chi connectivity index (χ2v) is 7.94. The Morgan fingerprint density at radius 3 is 2.59 bits per heavy atom. The highest BCUT2D eigenvalue weighted by molar-refractivity contribution is 9.10. The summed E-state index contributed by atoms with van der Waals surface area (Å²) in [6.45, 7) is 0. The maximum absolute atomic E-state index is 6.22. The lowest BCUT2D eigenvalue weighted by Gasteiger charge is -2.25. The number of H-pyrrole nitrogens is 1. The molecule has 1 N–H and O–H groups in total. The fourth-order valence-electron chi connectivity index (χ4n) is 3.62. The molecule has 0 fully saturated rings. The lowest BCUT2D eigenvalue weighted by molar-refractivity contribution is 0.493. The predicted octanol–water partition coefficient (Wildman–Crippen LogP) is 7.15. The lowest BCUT2D eigenvalue weighted by atomic mass is 9.87. The first-order valence-electron chi connectivity index (χ1n) is 8.70.